The number of hydrogen-bond donors (Lipinski definition) is 3. The molecule has 102 valence electrons. The van der Waals surface area contributed by atoms with E-state index in [1.807, 2.05) is 27.7 Å². The summed E-state index contributed by atoms with van der Waals surface area (Å²) in [6.45, 7) is 7.99. The molecule has 1 rings (SSSR count). The number of rotatable bonds is 4. The van der Waals surface area contributed by atoms with Crippen LogP contribution in [-0.4, -0.2) is 28.6 Å². The van der Waals surface area contributed by atoms with E-state index in [1.165, 1.54) is 11.3 Å². The highest BCUT2D eigenvalue weighted by atomic mass is 32.1. The summed E-state index contributed by atoms with van der Waals surface area (Å²) in [6, 6.07) is 0. The minimum atomic E-state index is -0.549. The first kappa shape index (κ1) is 15.3. The van der Waals surface area contributed by atoms with Gasteiger partial charge >= 0.3 is 0 Å². The predicted molar refractivity (Wildman–Crippen MR) is 76.4 cm³/mol. The third-order valence-electron chi connectivity index (χ3n) is 2.74. The summed E-state index contributed by atoms with van der Waals surface area (Å²) in [5, 5.41) is 12.6. The van der Waals surface area contributed by atoms with E-state index in [0.29, 0.717) is 10.4 Å². The van der Waals surface area contributed by atoms with Crippen LogP contribution in [0.1, 0.15) is 31.3 Å². The van der Waals surface area contributed by atoms with Gasteiger partial charge in [-0.05, 0) is 24.6 Å². The fourth-order valence-corrected chi connectivity index (χ4v) is 2.62. The van der Waals surface area contributed by atoms with Crippen LogP contribution in [0.5, 0.6) is 0 Å². The zero-order chi connectivity index (χ0) is 13.9. The number of H-pyrrole nitrogens is 1. The molecule has 0 radical (unpaired) electrons. The third kappa shape index (κ3) is 4.51. The van der Waals surface area contributed by atoms with E-state index in [1.54, 1.807) is 0 Å². The quantitative estimate of drug-likeness (QED) is 0.744. The molecule has 0 saturated heterocycles. The molecule has 0 fully saturated rings. The molecule has 1 heterocycles. The lowest BCUT2D eigenvalue weighted by Gasteiger charge is -2.25. The number of nitrogens with one attached hydrogen (secondary N) is 2. The van der Waals surface area contributed by atoms with E-state index in [2.05, 4.69) is 10.3 Å². The van der Waals surface area contributed by atoms with Crippen LogP contribution in [-0.2, 0) is 11.2 Å². The Balaban J connectivity index is 2.48. The summed E-state index contributed by atoms with van der Waals surface area (Å²) in [6.07, 6.45) is -0.243. The smallest absolute Gasteiger partial charge is 0.225 e. The number of aryl methyl sites for hydroxylation is 1. The number of aliphatic hydroxyl groups is 1. The average molecular weight is 288 g/mol. The van der Waals surface area contributed by atoms with Gasteiger partial charge < -0.3 is 15.4 Å². The van der Waals surface area contributed by atoms with Gasteiger partial charge in [-0.1, -0.05) is 20.8 Å². The molecule has 0 aliphatic heterocycles. The van der Waals surface area contributed by atoms with E-state index in [-0.39, 0.29) is 17.9 Å². The Kier molecular flexibility index (Phi) is 5.07. The maximum absolute atomic E-state index is 11.7. The van der Waals surface area contributed by atoms with E-state index >= 15 is 0 Å². The summed E-state index contributed by atoms with van der Waals surface area (Å²) in [5.74, 6) is -0.0911. The molecule has 0 aliphatic rings. The predicted octanol–water partition coefficient (Wildman–Crippen LogP) is 2.18. The monoisotopic (exact) mass is 288 g/mol. The molecule has 3 N–H and O–H groups in total. The molecule has 1 amide bonds. The Morgan fingerprint density at radius 2 is 2.17 bits per heavy atom. The van der Waals surface area contributed by atoms with E-state index in [4.69, 9.17) is 12.2 Å². The Morgan fingerprint density at radius 1 is 1.56 bits per heavy atom. The molecular formula is C12H20N2O2S2. The maximum atomic E-state index is 11.7. The molecule has 18 heavy (non-hydrogen) atoms. The van der Waals surface area contributed by atoms with Crippen molar-refractivity contribution in [2.24, 2.45) is 5.41 Å². The standard InChI is InChI=1S/C12H20N2O2S2/c1-7-8(18-11(17)14-7)5-10(16)13-6-9(15)12(2,3)4/h9,15H,5-6H2,1-4H3,(H,13,16)(H,14,17)/t9-/m1/s1. The van der Waals surface area contributed by atoms with Crippen molar-refractivity contribution in [3.05, 3.63) is 14.5 Å². The summed E-state index contributed by atoms with van der Waals surface area (Å²) in [7, 11) is 0. The van der Waals surface area contributed by atoms with Gasteiger partial charge in [0.15, 0.2) is 3.95 Å². The van der Waals surface area contributed by atoms with Gasteiger partial charge in [-0.15, -0.1) is 11.3 Å². The zero-order valence-electron chi connectivity index (χ0n) is 11.2. The highest BCUT2D eigenvalue weighted by Crippen LogP contribution is 2.18. The van der Waals surface area contributed by atoms with Crippen LogP contribution >= 0.6 is 23.6 Å². The SMILES string of the molecule is Cc1[nH]c(=S)sc1CC(=O)NC[C@@H](O)C(C)(C)C. The summed E-state index contributed by atoms with van der Waals surface area (Å²) in [4.78, 5) is 15.7. The highest BCUT2D eigenvalue weighted by Gasteiger charge is 2.22. The highest BCUT2D eigenvalue weighted by molar-refractivity contribution is 7.73. The lowest BCUT2D eigenvalue weighted by molar-refractivity contribution is -0.121. The van der Waals surface area contributed by atoms with E-state index in [9.17, 15) is 9.90 Å². The number of thiazole rings is 1. The van der Waals surface area contributed by atoms with Crippen LogP contribution in [0.15, 0.2) is 0 Å². The van der Waals surface area contributed by atoms with Crippen molar-refractivity contribution in [3.63, 3.8) is 0 Å². The van der Waals surface area contributed by atoms with Gasteiger partial charge in [-0.25, -0.2) is 0 Å². The van der Waals surface area contributed by atoms with Gasteiger partial charge in [0.1, 0.15) is 0 Å². The molecule has 0 spiro atoms. The number of carbonyl (C=O) groups excluding carboxylic acids is 1. The molecule has 0 saturated carbocycles. The van der Waals surface area contributed by atoms with Crippen molar-refractivity contribution in [2.45, 2.75) is 40.2 Å². The minimum Gasteiger partial charge on any atom is -0.391 e. The topological polar surface area (TPSA) is 65.1 Å². The lowest BCUT2D eigenvalue weighted by Crippen LogP contribution is -2.39. The van der Waals surface area contributed by atoms with Crippen molar-refractivity contribution in [1.29, 1.82) is 0 Å². The van der Waals surface area contributed by atoms with Gasteiger partial charge in [0.05, 0.1) is 12.5 Å². The second-order valence-corrected chi connectivity index (χ2v) is 7.20. The van der Waals surface area contributed by atoms with Gasteiger partial charge in [0, 0.05) is 17.1 Å². The first-order valence-electron chi connectivity index (χ1n) is 5.83. The molecule has 1 aromatic rings. The Labute approximate surface area is 116 Å². The number of carbonyl (C=O) groups is 1. The molecule has 1 aromatic heterocycles. The number of aromatic amines is 1. The maximum Gasteiger partial charge on any atom is 0.225 e. The van der Waals surface area contributed by atoms with E-state index < -0.39 is 6.10 Å². The minimum absolute atomic E-state index is 0.0911. The number of aromatic nitrogens is 1. The first-order chi connectivity index (χ1) is 8.20. The van der Waals surface area contributed by atoms with Crippen LogP contribution in [0.3, 0.4) is 0 Å². The second-order valence-electron chi connectivity index (χ2n) is 5.43. The molecule has 0 bridgehead atoms. The number of hydrogen-bond acceptors (Lipinski definition) is 4. The van der Waals surface area contributed by atoms with E-state index in [0.717, 1.165) is 10.6 Å². The van der Waals surface area contributed by atoms with Crippen LogP contribution < -0.4 is 5.32 Å². The third-order valence-corrected chi connectivity index (χ3v) is 4.07. The number of amides is 1. The van der Waals surface area contributed by atoms with Crippen molar-refractivity contribution in [3.8, 4) is 0 Å². The molecule has 0 aromatic carbocycles. The fourth-order valence-electron chi connectivity index (χ4n) is 1.33. The lowest BCUT2D eigenvalue weighted by atomic mass is 9.89. The zero-order valence-corrected chi connectivity index (χ0v) is 12.8. The Hall–Kier alpha value is -0.720. The second kappa shape index (κ2) is 5.95. The molecular weight excluding hydrogens is 268 g/mol. The van der Waals surface area contributed by atoms with Gasteiger partial charge in [-0.3, -0.25) is 4.79 Å². The fraction of sp³-hybridized carbons (Fsp3) is 0.667. The summed E-state index contributed by atoms with van der Waals surface area (Å²) in [5.41, 5.74) is 0.713. The molecule has 4 nitrogen and oxygen atoms in total. The number of aliphatic hydroxyl groups excluding tert-OH is 1. The van der Waals surface area contributed by atoms with Crippen LogP contribution in [0.2, 0.25) is 0 Å². The van der Waals surface area contributed by atoms with Gasteiger partial charge in [-0.2, -0.15) is 0 Å². The molecule has 0 aliphatic carbocycles. The van der Waals surface area contributed by atoms with Crippen LogP contribution in [0.4, 0.5) is 0 Å². The summed E-state index contributed by atoms with van der Waals surface area (Å²) >= 11 is 6.44. The van der Waals surface area contributed by atoms with Gasteiger partial charge in [0.25, 0.3) is 0 Å². The normalized spacial score (nSPS) is 13.4. The molecule has 1 atom stereocenters. The van der Waals surface area contributed by atoms with Crippen molar-refractivity contribution < 1.29 is 9.90 Å². The molecule has 0 unspecified atom stereocenters. The van der Waals surface area contributed by atoms with Crippen molar-refractivity contribution >= 4 is 29.5 Å². The summed E-state index contributed by atoms with van der Waals surface area (Å²) < 4.78 is 0.685. The first-order valence-corrected chi connectivity index (χ1v) is 7.06. The van der Waals surface area contributed by atoms with Gasteiger partial charge in [0.2, 0.25) is 5.91 Å². The Morgan fingerprint density at radius 3 is 2.61 bits per heavy atom. The Bertz CT molecular complexity index is 471. The average Bonchev–Trinajstić information content (AvgIpc) is 2.52. The largest absolute Gasteiger partial charge is 0.391 e. The van der Waals surface area contributed by atoms with Crippen molar-refractivity contribution in [1.82, 2.24) is 10.3 Å². The molecule has 6 heteroatoms. The van der Waals surface area contributed by atoms with Crippen LogP contribution in [0, 0.1) is 16.3 Å². The van der Waals surface area contributed by atoms with Crippen LogP contribution in [0.25, 0.3) is 0 Å². The van der Waals surface area contributed by atoms with Crippen molar-refractivity contribution in [2.75, 3.05) is 6.54 Å².